The van der Waals surface area contributed by atoms with Crippen molar-refractivity contribution < 1.29 is 0 Å². The van der Waals surface area contributed by atoms with Gasteiger partial charge in [0.05, 0.1) is 5.69 Å². The van der Waals surface area contributed by atoms with Gasteiger partial charge in [-0.2, -0.15) is 5.10 Å². The molecule has 1 aromatic rings. The largest absolute Gasteiger partial charge is 0.368 e. The van der Waals surface area contributed by atoms with Crippen molar-refractivity contribution in [1.82, 2.24) is 10.2 Å². The molecule has 1 unspecified atom stereocenters. The van der Waals surface area contributed by atoms with Crippen LogP contribution in [0.1, 0.15) is 105 Å². The summed E-state index contributed by atoms with van der Waals surface area (Å²) in [5, 5.41) is 11.4. The zero-order valence-electron chi connectivity index (χ0n) is 16.2. The van der Waals surface area contributed by atoms with E-state index in [2.05, 4.69) is 56.2 Å². The second-order valence-electron chi connectivity index (χ2n) is 7.96. The molecule has 0 radical (unpaired) electrons. The highest BCUT2D eigenvalue weighted by molar-refractivity contribution is 5.38. The second-order valence-corrected chi connectivity index (χ2v) is 7.96. The molecule has 0 aliphatic heterocycles. The van der Waals surface area contributed by atoms with Gasteiger partial charge in [-0.3, -0.25) is 5.10 Å². The van der Waals surface area contributed by atoms with Crippen LogP contribution in [0, 0.1) is 0 Å². The minimum atomic E-state index is 0.105. The van der Waals surface area contributed by atoms with Gasteiger partial charge < -0.3 is 5.32 Å². The van der Waals surface area contributed by atoms with Crippen LogP contribution in [-0.2, 0) is 5.41 Å². The number of hydrogen-bond acceptors (Lipinski definition) is 2. The summed E-state index contributed by atoms with van der Waals surface area (Å²) in [4.78, 5) is 0. The molecule has 0 fully saturated rings. The van der Waals surface area contributed by atoms with E-state index in [0.717, 1.165) is 11.5 Å². The molecular formula is C20H39N3. The van der Waals surface area contributed by atoms with E-state index in [0.29, 0.717) is 6.04 Å². The molecule has 1 heterocycles. The van der Waals surface area contributed by atoms with Crippen LogP contribution in [0.4, 0.5) is 5.82 Å². The Balaban J connectivity index is 2.48. The molecule has 0 amide bonds. The number of nitrogens with one attached hydrogen (secondary N) is 2. The molecule has 1 atom stereocenters. The van der Waals surface area contributed by atoms with Crippen molar-refractivity contribution in [1.29, 1.82) is 0 Å². The van der Waals surface area contributed by atoms with E-state index >= 15 is 0 Å². The summed E-state index contributed by atoms with van der Waals surface area (Å²) in [6.45, 7) is 11.2. The van der Waals surface area contributed by atoms with Gasteiger partial charge in [-0.1, -0.05) is 86.0 Å². The lowest BCUT2D eigenvalue weighted by Crippen LogP contribution is -2.19. The predicted octanol–water partition coefficient (Wildman–Crippen LogP) is 6.43. The van der Waals surface area contributed by atoms with E-state index in [1.807, 2.05) is 0 Å². The first kappa shape index (κ1) is 20.1. The average Bonchev–Trinajstić information content (AvgIpc) is 2.95. The lowest BCUT2D eigenvalue weighted by molar-refractivity contribution is 0.514. The molecule has 3 nitrogen and oxygen atoms in total. The monoisotopic (exact) mass is 321 g/mol. The summed E-state index contributed by atoms with van der Waals surface area (Å²) < 4.78 is 0. The fraction of sp³-hybridized carbons (Fsp3) is 0.850. The van der Waals surface area contributed by atoms with Crippen molar-refractivity contribution in [3.05, 3.63) is 11.8 Å². The van der Waals surface area contributed by atoms with Gasteiger partial charge in [-0.15, -0.1) is 0 Å². The Hall–Kier alpha value is -0.990. The van der Waals surface area contributed by atoms with E-state index in [4.69, 9.17) is 0 Å². The van der Waals surface area contributed by atoms with Crippen LogP contribution in [-0.4, -0.2) is 16.2 Å². The number of anilines is 1. The topological polar surface area (TPSA) is 40.7 Å². The number of nitrogens with zero attached hydrogens (tertiary/aromatic N) is 1. The first-order chi connectivity index (χ1) is 11.0. The van der Waals surface area contributed by atoms with Crippen molar-refractivity contribution in [3.63, 3.8) is 0 Å². The molecular weight excluding hydrogens is 282 g/mol. The molecule has 0 saturated heterocycles. The van der Waals surface area contributed by atoms with Crippen molar-refractivity contribution in [2.24, 2.45) is 0 Å². The molecule has 134 valence electrons. The molecule has 0 spiro atoms. The Morgan fingerprint density at radius 3 is 2.09 bits per heavy atom. The van der Waals surface area contributed by atoms with Crippen LogP contribution in [0.2, 0.25) is 0 Å². The fourth-order valence-corrected chi connectivity index (χ4v) is 2.92. The Morgan fingerprint density at radius 2 is 1.52 bits per heavy atom. The molecule has 3 heteroatoms. The van der Waals surface area contributed by atoms with Crippen molar-refractivity contribution in [3.8, 4) is 0 Å². The number of H-pyrrole nitrogens is 1. The lowest BCUT2D eigenvalue weighted by atomic mass is 9.92. The molecule has 1 aromatic heterocycles. The van der Waals surface area contributed by atoms with Gasteiger partial charge in [0, 0.05) is 17.5 Å². The van der Waals surface area contributed by atoms with Gasteiger partial charge in [0.1, 0.15) is 5.82 Å². The third-order valence-corrected chi connectivity index (χ3v) is 4.52. The van der Waals surface area contributed by atoms with Gasteiger partial charge in [0.2, 0.25) is 0 Å². The fourth-order valence-electron chi connectivity index (χ4n) is 2.92. The molecule has 0 aromatic carbocycles. The van der Waals surface area contributed by atoms with Crippen LogP contribution in [0.25, 0.3) is 0 Å². The number of aromatic amines is 1. The maximum absolute atomic E-state index is 4.47. The highest BCUT2D eigenvalue weighted by atomic mass is 15.2. The lowest BCUT2D eigenvalue weighted by Gasteiger charge is -2.19. The van der Waals surface area contributed by atoms with E-state index < -0.39 is 0 Å². The Labute approximate surface area is 144 Å². The summed E-state index contributed by atoms with van der Waals surface area (Å²) in [5.41, 5.74) is 1.24. The first-order valence-electron chi connectivity index (χ1n) is 9.79. The van der Waals surface area contributed by atoms with Crippen LogP contribution in [0.15, 0.2) is 6.07 Å². The summed E-state index contributed by atoms with van der Waals surface area (Å²) in [7, 11) is 0. The number of hydrogen-bond donors (Lipinski definition) is 2. The van der Waals surface area contributed by atoms with Gasteiger partial charge in [0.15, 0.2) is 0 Å². The van der Waals surface area contributed by atoms with Gasteiger partial charge in [-0.25, -0.2) is 0 Å². The molecule has 0 aliphatic carbocycles. The highest BCUT2D eigenvalue weighted by Gasteiger charge is 2.18. The second kappa shape index (κ2) is 10.7. The smallest absolute Gasteiger partial charge is 0.121 e. The van der Waals surface area contributed by atoms with E-state index in [-0.39, 0.29) is 5.41 Å². The molecule has 23 heavy (non-hydrogen) atoms. The number of aromatic nitrogens is 2. The minimum Gasteiger partial charge on any atom is -0.368 e. The van der Waals surface area contributed by atoms with Gasteiger partial charge in [0.25, 0.3) is 0 Å². The third-order valence-electron chi connectivity index (χ3n) is 4.52. The molecule has 2 N–H and O–H groups in total. The minimum absolute atomic E-state index is 0.105. The van der Waals surface area contributed by atoms with Crippen LogP contribution >= 0.6 is 0 Å². The van der Waals surface area contributed by atoms with E-state index in [9.17, 15) is 0 Å². The van der Waals surface area contributed by atoms with E-state index in [1.165, 1.54) is 64.2 Å². The summed E-state index contributed by atoms with van der Waals surface area (Å²) in [6.07, 6.45) is 13.3. The highest BCUT2D eigenvalue weighted by Crippen LogP contribution is 2.23. The van der Waals surface area contributed by atoms with Gasteiger partial charge in [-0.05, 0) is 12.8 Å². The third kappa shape index (κ3) is 8.43. The average molecular weight is 322 g/mol. The normalized spacial score (nSPS) is 13.3. The summed E-state index contributed by atoms with van der Waals surface area (Å²) in [6, 6.07) is 2.76. The Morgan fingerprint density at radius 1 is 0.957 bits per heavy atom. The maximum Gasteiger partial charge on any atom is 0.121 e. The summed E-state index contributed by atoms with van der Waals surface area (Å²) in [5.74, 6) is 1.09. The zero-order chi connectivity index (χ0) is 17.1. The van der Waals surface area contributed by atoms with Gasteiger partial charge >= 0.3 is 0 Å². The van der Waals surface area contributed by atoms with Crippen molar-refractivity contribution in [2.45, 2.75) is 110 Å². The predicted molar refractivity (Wildman–Crippen MR) is 102 cm³/mol. The van der Waals surface area contributed by atoms with Crippen LogP contribution in [0.3, 0.4) is 0 Å². The molecule has 0 saturated carbocycles. The first-order valence-corrected chi connectivity index (χ1v) is 9.79. The number of unbranched alkanes of at least 4 members (excludes halogenated alkanes) is 6. The Kier molecular flexibility index (Phi) is 9.35. The Bertz CT molecular complexity index is 403. The SMILES string of the molecule is CCCCCCCC(CCCCC)Nc1cc(C(C)(C)C)n[nH]1. The summed E-state index contributed by atoms with van der Waals surface area (Å²) >= 11 is 0. The van der Waals surface area contributed by atoms with Crippen LogP contribution in [0.5, 0.6) is 0 Å². The zero-order valence-corrected chi connectivity index (χ0v) is 16.2. The molecule has 0 bridgehead atoms. The van der Waals surface area contributed by atoms with Crippen LogP contribution < -0.4 is 5.32 Å². The maximum atomic E-state index is 4.47. The standard InChI is InChI=1S/C20H39N3/c1-6-8-10-11-13-15-17(14-12-9-7-2)21-19-16-18(22-23-19)20(3,4)5/h16-17H,6-15H2,1-5H3,(H2,21,22,23). The van der Waals surface area contributed by atoms with Crippen molar-refractivity contribution in [2.75, 3.05) is 5.32 Å². The quantitative estimate of drug-likeness (QED) is 0.435. The molecule has 1 rings (SSSR count). The number of rotatable bonds is 12. The molecule has 0 aliphatic rings. The van der Waals surface area contributed by atoms with Crippen molar-refractivity contribution >= 4 is 5.82 Å². The van der Waals surface area contributed by atoms with E-state index in [1.54, 1.807) is 0 Å².